The summed E-state index contributed by atoms with van der Waals surface area (Å²) in [6.07, 6.45) is 0.418. The summed E-state index contributed by atoms with van der Waals surface area (Å²) in [7, 11) is 1.33. The van der Waals surface area contributed by atoms with Crippen LogP contribution in [0.5, 0.6) is 5.75 Å². The summed E-state index contributed by atoms with van der Waals surface area (Å²) in [6.45, 7) is 6.87. The van der Waals surface area contributed by atoms with Crippen LogP contribution >= 0.6 is 0 Å². The van der Waals surface area contributed by atoms with Crippen LogP contribution in [0.3, 0.4) is 0 Å². The minimum Gasteiger partial charge on any atom is -0.475 e. The number of rotatable bonds is 5. The average Bonchev–Trinajstić information content (AvgIpc) is 2.71. The van der Waals surface area contributed by atoms with Gasteiger partial charge in [0.15, 0.2) is 0 Å². The third-order valence-corrected chi connectivity index (χ3v) is 4.94. The Balaban J connectivity index is 1.54. The number of anilines is 2. The fourth-order valence-corrected chi connectivity index (χ4v) is 3.16. The number of amides is 1. The first kappa shape index (κ1) is 20.7. The number of carbonyl (C=O) groups is 2. The molecule has 0 fully saturated rings. The second-order valence-corrected chi connectivity index (χ2v) is 8.22. The SMILES string of the molecule is COC(=O)C1CNc2cc(NC(=O)CCc3ccc(C(C)(C)C)cc3)ccc2O1. The van der Waals surface area contributed by atoms with Crippen molar-refractivity contribution in [3.05, 3.63) is 53.6 Å². The molecule has 1 amide bonds. The summed E-state index contributed by atoms with van der Waals surface area (Å²) in [5, 5.41) is 6.06. The highest BCUT2D eigenvalue weighted by atomic mass is 16.6. The average molecular weight is 396 g/mol. The minimum atomic E-state index is -0.669. The van der Waals surface area contributed by atoms with Crippen LogP contribution < -0.4 is 15.4 Å². The monoisotopic (exact) mass is 396 g/mol. The molecule has 0 bridgehead atoms. The predicted octanol–water partition coefficient (Wildman–Crippen LogP) is 3.90. The molecule has 2 aromatic rings. The van der Waals surface area contributed by atoms with Crippen LogP contribution in [0.25, 0.3) is 0 Å². The summed E-state index contributed by atoms with van der Waals surface area (Å²) in [5.41, 5.74) is 3.97. The van der Waals surface area contributed by atoms with Gasteiger partial charge in [-0.1, -0.05) is 45.0 Å². The van der Waals surface area contributed by atoms with Crippen LogP contribution in [0.4, 0.5) is 11.4 Å². The Morgan fingerprint density at radius 3 is 2.55 bits per heavy atom. The Hall–Kier alpha value is -3.02. The fraction of sp³-hybridized carbons (Fsp3) is 0.391. The number of hydrogen-bond donors (Lipinski definition) is 2. The molecule has 0 saturated heterocycles. The fourth-order valence-electron chi connectivity index (χ4n) is 3.16. The molecule has 1 aliphatic heterocycles. The van der Waals surface area contributed by atoms with E-state index in [9.17, 15) is 9.59 Å². The molecule has 0 spiro atoms. The van der Waals surface area contributed by atoms with Crippen LogP contribution in [0, 0.1) is 0 Å². The zero-order valence-electron chi connectivity index (χ0n) is 17.4. The zero-order chi connectivity index (χ0) is 21.0. The van der Waals surface area contributed by atoms with Gasteiger partial charge in [-0.2, -0.15) is 0 Å². The van der Waals surface area contributed by atoms with E-state index in [1.54, 1.807) is 18.2 Å². The van der Waals surface area contributed by atoms with Crippen LogP contribution in [0.15, 0.2) is 42.5 Å². The molecular formula is C23H28N2O4. The van der Waals surface area contributed by atoms with Gasteiger partial charge in [-0.25, -0.2) is 4.79 Å². The molecule has 3 rings (SSSR count). The third kappa shape index (κ3) is 5.28. The van der Waals surface area contributed by atoms with Crippen molar-refractivity contribution in [3.8, 4) is 5.75 Å². The number of aryl methyl sites for hydroxylation is 1. The smallest absolute Gasteiger partial charge is 0.348 e. The van der Waals surface area contributed by atoms with Crippen molar-refractivity contribution in [2.45, 2.75) is 45.1 Å². The van der Waals surface area contributed by atoms with E-state index in [2.05, 4.69) is 55.7 Å². The molecule has 2 N–H and O–H groups in total. The summed E-state index contributed by atoms with van der Waals surface area (Å²) in [4.78, 5) is 23.9. The zero-order valence-corrected chi connectivity index (χ0v) is 17.4. The number of esters is 1. The molecule has 0 aliphatic carbocycles. The molecule has 1 unspecified atom stereocenters. The Labute approximate surface area is 171 Å². The Morgan fingerprint density at radius 1 is 1.17 bits per heavy atom. The van der Waals surface area contributed by atoms with Gasteiger partial charge in [-0.15, -0.1) is 0 Å². The third-order valence-electron chi connectivity index (χ3n) is 4.94. The largest absolute Gasteiger partial charge is 0.475 e. The van der Waals surface area contributed by atoms with Crippen molar-refractivity contribution in [2.75, 3.05) is 24.3 Å². The summed E-state index contributed by atoms with van der Waals surface area (Å²) >= 11 is 0. The molecular weight excluding hydrogens is 368 g/mol. The summed E-state index contributed by atoms with van der Waals surface area (Å²) < 4.78 is 10.3. The molecule has 1 heterocycles. The van der Waals surface area contributed by atoms with Crippen molar-refractivity contribution >= 4 is 23.3 Å². The van der Waals surface area contributed by atoms with E-state index in [0.29, 0.717) is 30.8 Å². The topological polar surface area (TPSA) is 76.7 Å². The lowest BCUT2D eigenvalue weighted by atomic mass is 9.86. The maximum Gasteiger partial charge on any atom is 0.348 e. The molecule has 0 aromatic heterocycles. The van der Waals surface area contributed by atoms with Gasteiger partial charge < -0.3 is 20.1 Å². The molecule has 6 nitrogen and oxygen atoms in total. The van der Waals surface area contributed by atoms with Crippen molar-refractivity contribution in [1.29, 1.82) is 0 Å². The quantitative estimate of drug-likeness (QED) is 0.750. The number of benzene rings is 2. The molecule has 154 valence electrons. The van der Waals surface area contributed by atoms with E-state index >= 15 is 0 Å². The molecule has 1 aliphatic rings. The van der Waals surface area contributed by atoms with E-state index in [0.717, 1.165) is 11.3 Å². The molecule has 2 aromatic carbocycles. The Bertz CT molecular complexity index is 885. The van der Waals surface area contributed by atoms with Gasteiger partial charge in [0.2, 0.25) is 12.0 Å². The van der Waals surface area contributed by atoms with Crippen molar-refractivity contribution < 1.29 is 19.1 Å². The van der Waals surface area contributed by atoms with E-state index in [1.165, 1.54) is 12.7 Å². The second-order valence-electron chi connectivity index (χ2n) is 8.22. The molecule has 6 heteroatoms. The molecule has 0 radical (unpaired) electrons. The number of ether oxygens (including phenoxy) is 2. The standard InChI is InChI=1S/C23H28N2O4/c1-23(2,3)16-8-5-15(6-9-16)7-12-21(26)25-17-10-11-19-18(13-17)24-14-20(29-19)22(27)28-4/h5-6,8-11,13,20,24H,7,12,14H2,1-4H3,(H,25,26). The molecule has 29 heavy (non-hydrogen) atoms. The van der Waals surface area contributed by atoms with Crippen molar-refractivity contribution in [2.24, 2.45) is 0 Å². The van der Waals surface area contributed by atoms with Gasteiger partial charge >= 0.3 is 5.97 Å². The number of methoxy groups -OCH3 is 1. The van der Waals surface area contributed by atoms with Crippen molar-refractivity contribution in [1.82, 2.24) is 0 Å². The van der Waals surface area contributed by atoms with Gasteiger partial charge in [-0.05, 0) is 41.2 Å². The van der Waals surface area contributed by atoms with Gasteiger partial charge in [0, 0.05) is 12.1 Å². The first-order valence-corrected chi connectivity index (χ1v) is 9.78. The van der Waals surface area contributed by atoms with Gasteiger partial charge in [0.1, 0.15) is 5.75 Å². The lowest BCUT2D eigenvalue weighted by Gasteiger charge is -2.26. The lowest BCUT2D eigenvalue weighted by molar-refractivity contribution is -0.148. The maximum absolute atomic E-state index is 12.3. The number of fused-ring (bicyclic) bond motifs is 1. The summed E-state index contributed by atoms with van der Waals surface area (Å²) in [6, 6.07) is 13.7. The Morgan fingerprint density at radius 2 is 1.90 bits per heavy atom. The van der Waals surface area contributed by atoms with Crippen LogP contribution in [0.2, 0.25) is 0 Å². The van der Waals surface area contributed by atoms with Gasteiger partial charge in [0.05, 0.1) is 19.3 Å². The van der Waals surface area contributed by atoms with E-state index in [-0.39, 0.29) is 11.3 Å². The predicted molar refractivity (Wildman–Crippen MR) is 113 cm³/mol. The normalized spacial score (nSPS) is 15.5. The van der Waals surface area contributed by atoms with Crippen LogP contribution in [0.1, 0.15) is 38.3 Å². The van der Waals surface area contributed by atoms with Gasteiger partial charge in [-0.3, -0.25) is 4.79 Å². The van der Waals surface area contributed by atoms with Crippen LogP contribution in [-0.2, 0) is 26.2 Å². The number of hydrogen-bond acceptors (Lipinski definition) is 5. The first-order valence-electron chi connectivity index (χ1n) is 9.78. The highest BCUT2D eigenvalue weighted by Crippen LogP contribution is 2.32. The van der Waals surface area contributed by atoms with E-state index in [1.807, 2.05) is 0 Å². The Kier molecular flexibility index (Phi) is 6.11. The molecule has 1 atom stereocenters. The minimum absolute atomic E-state index is 0.0472. The van der Waals surface area contributed by atoms with Gasteiger partial charge in [0.25, 0.3) is 0 Å². The second kappa shape index (κ2) is 8.55. The van der Waals surface area contributed by atoms with Crippen LogP contribution in [-0.4, -0.2) is 31.6 Å². The number of nitrogens with one attached hydrogen (secondary N) is 2. The summed E-state index contributed by atoms with van der Waals surface area (Å²) in [5.74, 6) is 0.0914. The lowest BCUT2D eigenvalue weighted by Crippen LogP contribution is -2.38. The van der Waals surface area contributed by atoms with E-state index < -0.39 is 12.1 Å². The highest BCUT2D eigenvalue weighted by molar-refractivity contribution is 5.92. The molecule has 0 saturated carbocycles. The van der Waals surface area contributed by atoms with Crippen molar-refractivity contribution in [3.63, 3.8) is 0 Å². The first-order chi connectivity index (χ1) is 13.8. The van der Waals surface area contributed by atoms with E-state index in [4.69, 9.17) is 9.47 Å². The highest BCUT2D eigenvalue weighted by Gasteiger charge is 2.26. The maximum atomic E-state index is 12.3. The number of carbonyl (C=O) groups excluding carboxylic acids is 2.